The first-order chi connectivity index (χ1) is 25.0. The fourth-order valence-corrected chi connectivity index (χ4v) is 6.66. The van der Waals surface area contributed by atoms with Crippen LogP contribution in [0.2, 0.25) is 0 Å². The molecule has 7 rings (SSSR count). The number of fused-ring (bicyclic) bond motifs is 1. The maximum absolute atomic E-state index is 14.5. The second kappa shape index (κ2) is 14.3. The van der Waals surface area contributed by atoms with Crippen molar-refractivity contribution in [2.75, 3.05) is 36.4 Å². The minimum Gasteiger partial charge on any atom is -0.368 e. The molecule has 2 N–H and O–H groups in total. The first-order valence-electron chi connectivity index (χ1n) is 16.9. The summed E-state index contributed by atoms with van der Waals surface area (Å²) in [5, 5.41) is 9.30. The Morgan fingerprint density at radius 2 is 1.79 bits per heavy atom. The van der Waals surface area contributed by atoms with Crippen LogP contribution < -0.4 is 15.5 Å². The summed E-state index contributed by atoms with van der Waals surface area (Å²) in [7, 11) is 0. The molecule has 1 unspecified atom stereocenters. The second-order valence-electron chi connectivity index (χ2n) is 12.9. The maximum atomic E-state index is 14.5. The van der Waals surface area contributed by atoms with E-state index in [1.54, 1.807) is 52.1 Å². The van der Waals surface area contributed by atoms with Crippen molar-refractivity contribution in [3.05, 3.63) is 124 Å². The van der Waals surface area contributed by atoms with E-state index in [4.69, 9.17) is 0 Å². The summed E-state index contributed by atoms with van der Waals surface area (Å²) in [6.07, 6.45) is -0.708. The molecule has 52 heavy (non-hydrogen) atoms. The highest BCUT2D eigenvalue weighted by Gasteiger charge is 2.36. The lowest BCUT2D eigenvalue weighted by atomic mass is 9.87. The molecule has 5 aromatic rings. The van der Waals surface area contributed by atoms with Gasteiger partial charge in [0, 0.05) is 67.8 Å². The number of rotatable bonds is 6. The van der Waals surface area contributed by atoms with E-state index in [1.807, 2.05) is 31.2 Å². The van der Waals surface area contributed by atoms with Gasteiger partial charge < -0.3 is 10.2 Å². The third-order valence-corrected chi connectivity index (χ3v) is 9.44. The van der Waals surface area contributed by atoms with Crippen LogP contribution in [0.5, 0.6) is 0 Å². The lowest BCUT2D eigenvalue weighted by molar-refractivity contribution is -0.137. The molecular formula is C39H34F3N7O3. The Morgan fingerprint density at radius 1 is 0.981 bits per heavy atom. The second-order valence-corrected chi connectivity index (χ2v) is 12.9. The minimum atomic E-state index is -4.66. The van der Waals surface area contributed by atoms with Crippen LogP contribution >= 0.6 is 0 Å². The van der Waals surface area contributed by atoms with Gasteiger partial charge in [-0.25, -0.2) is 9.50 Å². The van der Waals surface area contributed by atoms with E-state index in [2.05, 4.69) is 37.5 Å². The molecule has 3 amide bonds. The quantitative estimate of drug-likeness (QED) is 0.176. The zero-order valence-electron chi connectivity index (χ0n) is 28.2. The molecule has 10 nitrogen and oxygen atoms in total. The molecule has 2 saturated heterocycles. The summed E-state index contributed by atoms with van der Waals surface area (Å²) in [6, 6.07) is 20.0. The Kier molecular flexibility index (Phi) is 9.49. The lowest BCUT2D eigenvalue weighted by Crippen LogP contribution is -2.46. The zero-order chi connectivity index (χ0) is 36.4. The first-order valence-corrected chi connectivity index (χ1v) is 16.9. The number of aromatic nitrogens is 3. The molecular weight excluding hydrogens is 671 g/mol. The molecule has 0 radical (unpaired) electrons. The highest BCUT2D eigenvalue weighted by molar-refractivity contribution is 6.04. The Labute approximate surface area is 297 Å². The number of piperazine rings is 1. The Hall–Kier alpha value is -6.00. The van der Waals surface area contributed by atoms with Crippen molar-refractivity contribution in [2.24, 2.45) is 0 Å². The van der Waals surface area contributed by atoms with Crippen LogP contribution in [0, 0.1) is 18.8 Å². The van der Waals surface area contributed by atoms with Gasteiger partial charge in [-0.1, -0.05) is 36.3 Å². The van der Waals surface area contributed by atoms with Crippen molar-refractivity contribution >= 4 is 34.7 Å². The summed E-state index contributed by atoms with van der Waals surface area (Å²) in [5.41, 5.74) is 3.93. The van der Waals surface area contributed by atoms with Gasteiger partial charge in [-0.15, -0.1) is 0 Å². The van der Waals surface area contributed by atoms with Gasteiger partial charge in [0.15, 0.2) is 5.65 Å². The SMILES string of the molecule is Cc1ccc(C(=O)Nc2ccc(N3CCN(Cc4ccccc4C4CCC(=O)NC4=O)CC3)c(C(F)(F)F)c2)cc1C#Cc1cnc2cccnn12. The number of anilines is 2. The van der Waals surface area contributed by atoms with E-state index >= 15 is 0 Å². The van der Waals surface area contributed by atoms with Crippen molar-refractivity contribution in [3.8, 4) is 11.8 Å². The highest BCUT2D eigenvalue weighted by atomic mass is 19.4. The Balaban J connectivity index is 1.03. The molecule has 0 bridgehead atoms. The number of alkyl halides is 3. The molecule has 1 atom stereocenters. The molecule has 0 aliphatic carbocycles. The van der Waals surface area contributed by atoms with E-state index in [-0.39, 0.29) is 35.2 Å². The molecule has 13 heteroatoms. The summed E-state index contributed by atoms with van der Waals surface area (Å²) < 4.78 is 45.0. The number of benzene rings is 3. The number of carbonyl (C=O) groups is 3. The van der Waals surface area contributed by atoms with Crippen LogP contribution in [-0.4, -0.2) is 63.4 Å². The molecule has 2 fully saturated rings. The molecule has 2 aliphatic heterocycles. The van der Waals surface area contributed by atoms with Crippen molar-refractivity contribution < 1.29 is 27.6 Å². The van der Waals surface area contributed by atoms with Crippen LogP contribution in [-0.2, 0) is 22.3 Å². The van der Waals surface area contributed by atoms with E-state index < -0.39 is 23.6 Å². The fraction of sp³-hybridized carbons (Fsp3) is 0.256. The molecule has 0 saturated carbocycles. The average molecular weight is 706 g/mol. The minimum absolute atomic E-state index is 0.0229. The summed E-state index contributed by atoms with van der Waals surface area (Å²) >= 11 is 0. The Morgan fingerprint density at radius 3 is 2.58 bits per heavy atom. The number of imidazole rings is 1. The first kappa shape index (κ1) is 34.4. The van der Waals surface area contributed by atoms with Gasteiger partial charge in [-0.2, -0.15) is 18.3 Å². The number of nitrogens with zero attached hydrogens (tertiary/aromatic N) is 5. The number of halogens is 3. The van der Waals surface area contributed by atoms with Crippen molar-refractivity contribution in [1.82, 2.24) is 24.8 Å². The maximum Gasteiger partial charge on any atom is 0.418 e. The molecule has 2 aromatic heterocycles. The molecule has 0 spiro atoms. The third-order valence-electron chi connectivity index (χ3n) is 9.44. The lowest BCUT2D eigenvalue weighted by Gasteiger charge is -2.37. The highest BCUT2D eigenvalue weighted by Crippen LogP contribution is 2.39. The largest absolute Gasteiger partial charge is 0.418 e. The predicted octanol–water partition coefficient (Wildman–Crippen LogP) is 5.55. The summed E-state index contributed by atoms with van der Waals surface area (Å²) in [5.74, 6) is 4.53. The predicted molar refractivity (Wildman–Crippen MR) is 189 cm³/mol. The van der Waals surface area contributed by atoms with Crippen LogP contribution in [0.25, 0.3) is 5.65 Å². The number of amides is 3. The van der Waals surface area contributed by atoms with E-state index in [9.17, 15) is 27.6 Å². The third kappa shape index (κ3) is 7.38. The number of hydrogen-bond donors (Lipinski definition) is 2. The zero-order valence-corrected chi connectivity index (χ0v) is 28.2. The van der Waals surface area contributed by atoms with Gasteiger partial charge in [0.05, 0.1) is 17.7 Å². The number of nitrogens with one attached hydrogen (secondary N) is 2. The van der Waals surface area contributed by atoms with Gasteiger partial charge in [0.1, 0.15) is 5.69 Å². The van der Waals surface area contributed by atoms with E-state index in [0.29, 0.717) is 56.0 Å². The topological polar surface area (TPSA) is 112 Å². The number of imide groups is 1. The van der Waals surface area contributed by atoms with Crippen LogP contribution in [0.3, 0.4) is 0 Å². The molecule has 3 aromatic carbocycles. The average Bonchev–Trinajstić information content (AvgIpc) is 3.55. The van der Waals surface area contributed by atoms with Gasteiger partial charge in [0.2, 0.25) is 11.8 Å². The van der Waals surface area contributed by atoms with Gasteiger partial charge in [-0.3, -0.25) is 24.6 Å². The summed E-state index contributed by atoms with van der Waals surface area (Å²) in [6.45, 7) is 4.11. The molecule has 264 valence electrons. The smallest absolute Gasteiger partial charge is 0.368 e. The van der Waals surface area contributed by atoms with Gasteiger partial charge in [-0.05, 0) is 78.4 Å². The van der Waals surface area contributed by atoms with Gasteiger partial charge in [0.25, 0.3) is 5.91 Å². The van der Waals surface area contributed by atoms with Gasteiger partial charge >= 0.3 is 6.18 Å². The van der Waals surface area contributed by atoms with Crippen LogP contribution in [0.4, 0.5) is 24.5 Å². The van der Waals surface area contributed by atoms with E-state index in [0.717, 1.165) is 22.8 Å². The van der Waals surface area contributed by atoms with E-state index in [1.165, 1.54) is 12.1 Å². The number of piperidine rings is 1. The normalized spacial score (nSPS) is 16.7. The van der Waals surface area contributed by atoms with Crippen LogP contribution in [0.15, 0.2) is 85.2 Å². The fourth-order valence-electron chi connectivity index (χ4n) is 6.66. The number of hydrogen-bond acceptors (Lipinski definition) is 7. The van der Waals surface area contributed by atoms with Crippen molar-refractivity contribution in [2.45, 2.75) is 38.4 Å². The van der Waals surface area contributed by atoms with Crippen LogP contribution in [0.1, 0.15) is 62.6 Å². The van der Waals surface area contributed by atoms with Crippen molar-refractivity contribution in [1.29, 1.82) is 0 Å². The van der Waals surface area contributed by atoms with Crippen molar-refractivity contribution in [3.63, 3.8) is 0 Å². The standard InChI is InChI=1S/C39H34F3N7O3/c1-25-8-9-27(21-26(25)10-12-30-23-43-35-7-4-16-44-49(30)35)37(51)45-29-11-14-34(33(22-29)39(40,41)42)48-19-17-47(18-20-48)24-28-5-2-3-6-31(28)32-13-15-36(50)46-38(32)52/h2-9,11,14,16,21-23,32H,13,15,17-20,24H2,1H3,(H,45,51)(H,46,50,52). The monoisotopic (exact) mass is 705 g/mol. The number of carbonyl (C=O) groups excluding carboxylic acids is 3. The Bertz CT molecular complexity index is 2250. The summed E-state index contributed by atoms with van der Waals surface area (Å²) in [4.78, 5) is 45.6. The number of aryl methyl sites for hydroxylation is 1. The molecule has 4 heterocycles. The molecule has 2 aliphatic rings.